The number of ether oxygens (including phenoxy) is 1. The molecule has 122 valence electrons. The zero-order valence-electron chi connectivity index (χ0n) is 12.7. The summed E-state index contributed by atoms with van der Waals surface area (Å²) in [7, 11) is -1.89. The fourth-order valence-electron chi connectivity index (χ4n) is 2.83. The molecule has 1 aromatic rings. The monoisotopic (exact) mass is 326 g/mol. The van der Waals surface area contributed by atoms with Crippen LogP contribution >= 0.6 is 0 Å². The molecule has 7 heteroatoms. The van der Waals surface area contributed by atoms with E-state index in [1.54, 1.807) is 7.11 Å². The fraction of sp³-hybridized carbons (Fsp3) is 0.533. The molecule has 0 bridgehead atoms. The van der Waals surface area contributed by atoms with Gasteiger partial charge in [-0.05, 0) is 37.0 Å². The maximum absolute atomic E-state index is 12.3. The molecule has 2 rings (SSSR count). The highest BCUT2D eigenvalue weighted by molar-refractivity contribution is 7.89. The van der Waals surface area contributed by atoms with Crippen LogP contribution in [0.5, 0.6) is 5.75 Å². The Morgan fingerprint density at radius 1 is 1.45 bits per heavy atom. The average Bonchev–Trinajstić information content (AvgIpc) is 2.95. The number of carbonyl (C=O) groups excluding carboxylic acids is 1. The van der Waals surface area contributed by atoms with E-state index in [1.807, 2.05) is 29.2 Å². The molecule has 22 heavy (non-hydrogen) atoms. The number of nitrogens with zero attached hydrogens (tertiary/aromatic N) is 1. The first-order valence-electron chi connectivity index (χ1n) is 7.34. The van der Waals surface area contributed by atoms with E-state index < -0.39 is 10.0 Å². The highest BCUT2D eigenvalue weighted by atomic mass is 32.2. The molecule has 0 aromatic heterocycles. The third-order valence-corrected chi connectivity index (χ3v) is 4.73. The van der Waals surface area contributed by atoms with E-state index in [0.717, 1.165) is 24.2 Å². The summed E-state index contributed by atoms with van der Waals surface area (Å²) < 4.78 is 27.1. The Bertz CT molecular complexity index is 630. The molecule has 1 saturated heterocycles. The van der Waals surface area contributed by atoms with E-state index in [-0.39, 0.29) is 30.5 Å². The van der Waals surface area contributed by atoms with Gasteiger partial charge in [0.05, 0.1) is 18.9 Å². The number of hydrogen-bond donors (Lipinski definition) is 1. The number of amides is 1. The molecule has 1 aromatic carbocycles. The molecule has 1 amide bonds. The highest BCUT2D eigenvalue weighted by Crippen LogP contribution is 2.33. The van der Waals surface area contributed by atoms with Crippen molar-refractivity contribution in [2.75, 3.05) is 19.4 Å². The molecule has 1 fully saturated rings. The minimum absolute atomic E-state index is 0.0195. The summed E-state index contributed by atoms with van der Waals surface area (Å²) in [5.74, 6) is 0.594. The van der Waals surface area contributed by atoms with E-state index in [2.05, 4.69) is 0 Å². The smallest absolute Gasteiger partial charge is 0.223 e. The van der Waals surface area contributed by atoms with Crippen molar-refractivity contribution in [1.82, 2.24) is 4.90 Å². The van der Waals surface area contributed by atoms with Crippen molar-refractivity contribution in [3.05, 3.63) is 29.8 Å². The van der Waals surface area contributed by atoms with Crippen molar-refractivity contribution in [2.45, 2.75) is 31.7 Å². The van der Waals surface area contributed by atoms with Crippen molar-refractivity contribution in [2.24, 2.45) is 5.14 Å². The Kier molecular flexibility index (Phi) is 5.42. The van der Waals surface area contributed by atoms with Crippen molar-refractivity contribution < 1.29 is 17.9 Å². The molecular weight excluding hydrogens is 304 g/mol. The zero-order valence-corrected chi connectivity index (χ0v) is 13.5. The molecule has 1 aliphatic heterocycles. The Morgan fingerprint density at radius 2 is 2.23 bits per heavy atom. The number of nitrogens with two attached hydrogens (primary N) is 1. The maximum atomic E-state index is 12.3. The molecule has 1 heterocycles. The SMILES string of the molecule is COc1cccc(C2CCCN2C(=O)CCCS(N)(=O)=O)c1. The van der Waals surface area contributed by atoms with E-state index >= 15 is 0 Å². The topological polar surface area (TPSA) is 89.7 Å². The summed E-state index contributed by atoms with van der Waals surface area (Å²) in [6.45, 7) is 0.704. The quantitative estimate of drug-likeness (QED) is 0.856. The lowest BCUT2D eigenvalue weighted by molar-refractivity contribution is -0.132. The summed E-state index contributed by atoms with van der Waals surface area (Å²) in [5, 5.41) is 4.96. The minimum Gasteiger partial charge on any atom is -0.497 e. The Hall–Kier alpha value is -1.60. The number of likely N-dealkylation sites (tertiary alicyclic amines) is 1. The molecule has 2 N–H and O–H groups in total. The molecule has 6 nitrogen and oxygen atoms in total. The Morgan fingerprint density at radius 3 is 2.91 bits per heavy atom. The predicted molar refractivity (Wildman–Crippen MR) is 83.9 cm³/mol. The molecule has 0 radical (unpaired) electrons. The Balaban J connectivity index is 2.02. The number of methoxy groups -OCH3 is 1. The van der Waals surface area contributed by atoms with Gasteiger partial charge in [0.25, 0.3) is 0 Å². The number of hydrogen-bond acceptors (Lipinski definition) is 4. The summed E-state index contributed by atoms with van der Waals surface area (Å²) in [6.07, 6.45) is 2.33. The molecule has 1 unspecified atom stereocenters. The van der Waals surface area contributed by atoms with Crippen LogP contribution < -0.4 is 9.88 Å². The van der Waals surface area contributed by atoms with Gasteiger partial charge in [-0.1, -0.05) is 12.1 Å². The van der Waals surface area contributed by atoms with Crippen LogP contribution in [0.25, 0.3) is 0 Å². The van der Waals surface area contributed by atoms with Crippen LogP contribution in [-0.2, 0) is 14.8 Å². The minimum atomic E-state index is -3.51. The van der Waals surface area contributed by atoms with Crippen LogP contribution in [0, 0.1) is 0 Å². The lowest BCUT2D eigenvalue weighted by Gasteiger charge is -2.25. The number of benzene rings is 1. The van der Waals surface area contributed by atoms with Gasteiger partial charge in [-0.3, -0.25) is 4.79 Å². The first-order valence-corrected chi connectivity index (χ1v) is 9.06. The molecule has 0 saturated carbocycles. The van der Waals surface area contributed by atoms with E-state index in [9.17, 15) is 13.2 Å². The zero-order chi connectivity index (χ0) is 16.2. The lowest BCUT2D eigenvalue weighted by atomic mass is 10.0. The van der Waals surface area contributed by atoms with E-state index in [0.29, 0.717) is 6.54 Å². The van der Waals surface area contributed by atoms with E-state index in [1.165, 1.54) is 0 Å². The highest BCUT2D eigenvalue weighted by Gasteiger charge is 2.29. The largest absolute Gasteiger partial charge is 0.497 e. The van der Waals surface area contributed by atoms with Crippen LogP contribution in [0.3, 0.4) is 0 Å². The Labute approximate surface area is 131 Å². The first-order chi connectivity index (χ1) is 10.4. The first kappa shape index (κ1) is 16.8. The van der Waals surface area contributed by atoms with Gasteiger partial charge in [0.2, 0.25) is 15.9 Å². The van der Waals surface area contributed by atoms with Gasteiger partial charge < -0.3 is 9.64 Å². The van der Waals surface area contributed by atoms with Gasteiger partial charge in [0.15, 0.2) is 0 Å². The predicted octanol–water partition coefficient (Wildman–Crippen LogP) is 1.43. The van der Waals surface area contributed by atoms with Crippen molar-refractivity contribution in [3.8, 4) is 5.75 Å². The molecular formula is C15H22N2O4S. The number of carbonyl (C=O) groups is 1. The second kappa shape index (κ2) is 7.11. The number of rotatable bonds is 6. The van der Waals surface area contributed by atoms with Gasteiger partial charge >= 0.3 is 0 Å². The number of primary sulfonamides is 1. The summed E-state index contributed by atoms with van der Waals surface area (Å²) in [6, 6.07) is 7.76. The van der Waals surface area contributed by atoms with Crippen molar-refractivity contribution in [1.29, 1.82) is 0 Å². The normalized spacial score (nSPS) is 18.5. The second-order valence-corrected chi connectivity index (χ2v) is 7.23. The third kappa shape index (κ3) is 4.45. The van der Waals surface area contributed by atoms with Gasteiger partial charge in [-0.2, -0.15) is 0 Å². The third-order valence-electron chi connectivity index (χ3n) is 3.87. The molecule has 1 aliphatic rings. The van der Waals surface area contributed by atoms with Crippen LogP contribution in [0.1, 0.15) is 37.3 Å². The van der Waals surface area contributed by atoms with Gasteiger partial charge in [-0.25, -0.2) is 13.6 Å². The number of sulfonamides is 1. The van der Waals surface area contributed by atoms with Crippen molar-refractivity contribution in [3.63, 3.8) is 0 Å². The maximum Gasteiger partial charge on any atom is 0.223 e. The molecule has 0 aliphatic carbocycles. The second-order valence-electron chi connectivity index (χ2n) is 5.49. The summed E-state index contributed by atoms with van der Waals surface area (Å²) in [4.78, 5) is 14.2. The standard InChI is InChI=1S/C15H22N2O4S/c1-21-13-6-2-5-12(11-13)14-7-3-9-17(14)15(18)8-4-10-22(16,19)20/h2,5-6,11,14H,3-4,7-10H2,1H3,(H2,16,19,20). The summed E-state index contributed by atoms with van der Waals surface area (Å²) in [5.41, 5.74) is 1.05. The summed E-state index contributed by atoms with van der Waals surface area (Å²) >= 11 is 0. The van der Waals surface area contributed by atoms with Gasteiger partial charge in [0.1, 0.15) is 5.75 Å². The average molecular weight is 326 g/mol. The van der Waals surface area contributed by atoms with E-state index in [4.69, 9.17) is 9.88 Å². The van der Waals surface area contributed by atoms with Gasteiger partial charge in [0, 0.05) is 13.0 Å². The fourth-order valence-corrected chi connectivity index (χ4v) is 3.38. The van der Waals surface area contributed by atoms with Crippen LogP contribution in [0.15, 0.2) is 24.3 Å². The molecule has 0 spiro atoms. The lowest BCUT2D eigenvalue weighted by Crippen LogP contribution is -2.31. The van der Waals surface area contributed by atoms with Crippen LogP contribution in [-0.4, -0.2) is 38.6 Å². The van der Waals surface area contributed by atoms with Crippen LogP contribution in [0.2, 0.25) is 0 Å². The molecule has 1 atom stereocenters. The van der Waals surface area contributed by atoms with Crippen LogP contribution in [0.4, 0.5) is 0 Å². The van der Waals surface area contributed by atoms with Crippen molar-refractivity contribution >= 4 is 15.9 Å². The van der Waals surface area contributed by atoms with Gasteiger partial charge in [-0.15, -0.1) is 0 Å².